The molecule has 0 spiro atoms. The molecule has 0 fully saturated rings. The molecule has 1 aliphatic heterocycles. The number of benzene rings is 2. The van der Waals surface area contributed by atoms with Gasteiger partial charge in [0.2, 0.25) is 0 Å². The fraction of sp³-hybridized carbons (Fsp3) is 0.200. The first-order valence-corrected chi connectivity index (χ1v) is 7.20. The predicted octanol–water partition coefficient (Wildman–Crippen LogP) is 5.05. The highest BCUT2D eigenvalue weighted by Crippen LogP contribution is 2.35. The van der Waals surface area contributed by atoms with Crippen LogP contribution in [0, 0.1) is 0 Å². The number of anilines is 2. The second-order valence-electron chi connectivity index (χ2n) is 4.89. The van der Waals surface area contributed by atoms with Crippen LogP contribution in [0.3, 0.4) is 0 Å². The molecule has 1 unspecified atom stereocenters. The summed E-state index contributed by atoms with van der Waals surface area (Å²) in [4.78, 5) is 0. The maximum atomic E-state index is 12.6. The Morgan fingerprint density at radius 1 is 1.00 bits per heavy atom. The van der Waals surface area contributed by atoms with Crippen LogP contribution in [0.25, 0.3) is 0 Å². The van der Waals surface area contributed by atoms with Crippen molar-refractivity contribution < 1.29 is 13.2 Å². The Hall–Kier alpha value is -1.69. The third-order valence-corrected chi connectivity index (χ3v) is 3.94. The van der Waals surface area contributed by atoms with Gasteiger partial charge in [-0.25, -0.2) is 0 Å². The summed E-state index contributed by atoms with van der Waals surface area (Å²) in [7, 11) is 0. The lowest BCUT2D eigenvalue weighted by molar-refractivity contribution is -0.137. The van der Waals surface area contributed by atoms with E-state index < -0.39 is 11.7 Å². The van der Waals surface area contributed by atoms with E-state index in [1.165, 1.54) is 12.1 Å². The molecule has 110 valence electrons. The van der Waals surface area contributed by atoms with E-state index in [2.05, 4.69) is 26.6 Å². The van der Waals surface area contributed by atoms with Gasteiger partial charge in [0.1, 0.15) is 0 Å². The smallest absolute Gasteiger partial charge is 0.381 e. The van der Waals surface area contributed by atoms with Crippen molar-refractivity contribution >= 4 is 27.3 Å². The summed E-state index contributed by atoms with van der Waals surface area (Å²) in [5.41, 5.74) is 2.12. The van der Waals surface area contributed by atoms with Crippen molar-refractivity contribution in [2.45, 2.75) is 12.2 Å². The molecule has 6 heteroatoms. The van der Waals surface area contributed by atoms with Gasteiger partial charge in [0.15, 0.2) is 0 Å². The van der Waals surface area contributed by atoms with E-state index in [-0.39, 0.29) is 6.04 Å². The maximum absolute atomic E-state index is 12.6. The van der Waals surface area contributed by atoms with E-state index >= 15 is 0 Å². The van der Waals surface area contributed by atoms with E-state index in [0.717, 1.165) is 33.5 Å². The molecule has 1 aliphatic rings. The molecule has 0 saturated carbocycles. The molecule has 2 aromatic carbocycles. The number of rotatable bonds is 1. The van der Waals surface area contributed by atoms with Gasteiger partial charge in [-0.15, -0.1) is 0 Å². The fourth-order valence-electron chi connectivity index (χ4n) is 2.34. The van der Waals surface area contributed by atoms with Gasteiger partial charge < -0.3 is 10.6 Å². The van der Waals surface area contributed by atoms with Gasteiger partial charge in [-0.2, -0.15) is 13.2 Å². The van der Waals surface area contributed by atoms with Crippen LogP contribution in [0.5, 0.6) is 0 Å². The van der Waals surface area contributed by atoms with Gasteiger partial charge in [0, 0.05) is 11.0 Å². The third kappa shape index (κ3) is 3.00. The third-order valence-electron chi connectivity index (χ3n) is 3.45. The van der Waals surface area contributed by atoms with E-state index in [9.17, 15) is 13.2 Å². The maximum Gasteiger partial charge on any atom is 0.416 e. The number of hydrogen-bond donors (Lipinski definition) is 2. The summed E-state index contributed by atoms with van der Waals surface area (Å²) in [6.07, 6.45) is -4.30. The Labute approximate surface area is 128 Å². The second kappa shape index (κ2) is 5.26. The Balaban J connectivity index is 1.81. The predicted molar refractivity (Wildman–Crippen MR) is 80.4 cm³/mol. The number of alkyl halides is 3. The zero-order chi connectivity index (χ0) is 15.0. The first kappa shape index (κ1) is 14.3. The Morgan fingerprint density at radius 3 is 2.38 bits per heavy atom. The van der Waals surface area contributed by atoms with Crippen LogP contribution in [-0.2, 0) is 6.18 Å². The molecule has 0 aromatic heterocycles. The van der Waals surface area contributed by atoms with Gasteiger partial charge in [0.05, 0.1) is 23.0 Å². The molecule has 1 atom stereocenters. The summed E-state index contributed by atoms with van der Waals surface area (Å²) in [5, 5.41) is 6.62. The number of fused-ring (bicyclic) bond motifs is 1. The van der Waals surface area contributed by atoms with E-state index in [1.807, 2.05) is 18.2 Å². The average Bonchev–Trinajstić information content (AvgIpc) is 2.46. The second-order valence-corrected chi connectivity index (χ2v) is 5.80. The van der Waals surface area contributed by atoms with Crippen LogP contribution in [0.15, 0.2) is 46.9 Å². The highest BCUT2D eigenvalue weighted by Gasteiger charge is 2.30. The summed E-state index contributed by atoms with van der Waals surface area (Å²) in [5.74, 6) is 0. The van der Waals surface area contributed by atoms with E-state index in [0.29, 0.717) is 6.54 Å². The van der Waals surface area contributed by atoms with Gasteiger partial charge >= 0.3 is 6.18 Å². The van der Waals surface area contributed by atoms with Crippen molar-refractivity contribution in [2.75, 3.05) is 17.2 Å². The number of halogens is 4. The molecule has 0 aliphatic carbocycles. The van der Waals surface area contributed by atoms with Crippen LogP contribution < -0.4 is 10.6 Å². The van der Waals surface area contributed by atoms with Gasteiger partial charge in [-0.05, 0) is 35.9 Å². The van der Waals surface area contributed by atoms with Crippen LogP contribution in [-0.4, -0.2) is 6.54 Å². The minimum absolute atomic E-state index is 0.0547. The molecule has 2 N–H and O–H groups in total. The molecule has 21 heavy (non-hydrogen) atoms. The highest BCUT2D eigenvalue weighted by molar-refractivity contribution is 9.10. The van der Waals surface area contributed by atoms with E-state index in [1.54, 1.807) is 0 Å². The molecular formula is C15H12BrF3N2. The SMILES string of the molecule is FC(F)(F)c1ccc(C2CNc3cc(Br)ccc3N2)cc1. The van der Waals surface area contributed by atoms with Crippen molar-refractivity contribution in [3.05, 3.63) is 58.1 Å². The standard InChI is InChI=1S/C15H12BrF3N2/c16-11-5-6-12-13(7-11)20-8-14(21-12)9-1-3-10(4-2-9)15(17,18)19/h1-7,14,20-21H,8H2. The zero-order valence-electron chi connectivity index (χ0n) is 10.8. The summed E-state index contributed by atoms with van der Waals surface area (Å²) in [6, 6.07) is 11.0. The Kier molecular flexibility index (Phi) is 3.57. The molecule has 0 saturated heterocycles. The van der Waals surface area contributed by atoms with Crippen LogP contribution in [0.1, 0.15) is 17.2 Å². The zero-order valence-corrected chi connectivity index (χ0v) is 12.4. The van der Waals surface area contributed by atoms with Crippen molar-refractivity contribution in [1.82, 2.24) is 0 Å². The van der Waals surface area contributed by atoms with Gasteiger partial charge in [0.25, 0.3) is 0 Å². The van der Waals surface area contributed by atoms with Gasteiger partial charge in [-0.3, -0.25) is 0 Å². The van der Waals surface area contributed by atoms with Crippen molar-refractivity contribution in [2.24, 2.45) is 0 Å². The van der Waals surface area contributed by atoms with Crippen LogP contribution >= 0.6 is 15.9 Å². The monoisotopic (exact) mass is 356 g/mol. The topological polar surface area (TPSA) is 24.1 Å². The minimum Gasteiger partial charge on any atom is -0.381 e. The molecular weight excluding hydrogens is 345 g/mol. The molecule has 1 heterocycles. The first-order valence-electron chi connectivity index (χ1n) is 6.40. The average molecular weight is 357 g/mol. The van der Waals surface area contributed by atoms with Gasteiger partial charge in [-0.1, -0.05) is 28.1 Å². The summed E-state index contributed by atoms with van der Waals surface area (Å²) in [6.45, 7) is 0.620. The minimum atomic E-state index is -4.30. The van der Waals surface area contributed by atoms with E-state index in [4.69, 9.17) is 0 Å². The Bertz CT molecular complexity index is 653. The lowest BCUT2D eigenvalue weighted by Crippen LogP contribution is -2.25. The first-order chi connectivity index (χ1) is 9.93. The normalized spacial score (nSPS) is 17.6. The van der Waals surface area contributed by atoms with Crippen molar-refractivity contribution in [3.8, 4) is 0 Å². The number of nitrogens with one attached hydrogen (secondary N) is 2. The molecule has 2 nitrogen and oxygen atoms in total. The molecule has 0 radical (unpaired) electrons. The quantitative estimate of drug-likeness (QED) is 0.747. The Morgan fingerprint density at radius 2 is 1.71 bits per heavy atom. The fourth-order valence-corrected chi connectivity index (χ4v) is 2.71. The van der Waals surface area contributed by atoms with Crippen LogP contribution in [0.2, 0.25) is 0 Å². The molecule has 0 bridgehead atoms. The van der Waals surface area contributed by atoms with Crippen molar-refractivity contribution in [1.29, 1.82) is 0 Å². The lowest BCUT2D eigenvalue weighted by Gasteiger charge is -2.29. The summed E-state index contributed by atoms with van der Waals surface area (Å²) < 4.78 is 38.7. The van der Waals surface area contributed by atoms with Crippen LogP contribution in [0.4, 0.5) is 24.5 Å². The molecule has 3 rings (SSSR count). The summed E-state index contributed by atoms with van der Waals surface area (Å²) >= 11 is 3.40. The number of hydrogen-bond acceptors (Lipinski definition) is 2. The largest absolute Gasteiger partial charge is 0.416 e. The molecule has 0 amide bonds. The highest BCUT2D eigenvalue weighted by atomic mass is 79.9. The molecule has 2 aromatic rings. The van der Waals surface area contributed by atoms with Crippen molar-refractivity contribution in [3.63, 3.8) is 0 Å². The lowest BCUT2D eigenvalue weighted by atomic mass is 10.0.